The molecule has 1 saturated heterocycles. The molecule has 2 rings (SSSR count). The number of alkyl halides is 1. The molecule has 1 aromatic rings. The zero-order valence-corrected chi connectivity index (χ0v) is 12.2. The Kier molecular flexibility index (Phi) is 4.10. The molecule has 0 amide bonds. The van der Waals surface area contributed by atoms with E-state index in [-0.39, 0.29) is 10.9 Å². The number of benzene rings is 1. The number of hydrogen-bond donors (Lipinski definition) is 0. The molecular weight excluding hydrogens is 280 g/mol. The fourth-order valence-electron chi connectivity index (χ4n) is 2.33. The second kappa shape index (κ2) is 5.40. The Labute approximate surface area is 111 Å². The second-order valence-electron chi connectivity index (χ2n) is 4.69. The summed E-state index contributed by atoms with van der Waals surface area (Å²) in [6.07, 6.45) is 2.96. The van der Waals surface area contributed by atoms with Gasteiger partial charge < -0.3 is 9.47 Å². The molecule has 0 spiro atoms. The first-order valence-corrected chi connectivity index (χ1v) is 6.97. The van der Waals surface area contributed by atoms with E-state index in [2.05, 4.69) is 41.9 Å². The largest absolute Gasteiger partial charge is 0.497 e. The van der Waals surface area contributed by atoms with Crippen LogP contribution in [0.25, 0.3) is 0 Å². The van der Waals surface area contributed by atoms with Crippen LogP contribution in [0.5, 0.6) is 5.75 Å². The fourth-order valence-corrected chi connectivity index (χ4v) is 3.24. The molecule has 1 fully saturated rings. The highest BCUT2D eigenvalue weighted by Gasteiger charge is 2.29. The van der Waals surface area contributed by atoms with Gasteiger partial charge in [0.05, 0.1) is 24.1 Å². The maximum Gasteiger partial charge on any atom is 0.119 e. The Balaban J connectivity index is 2.16. The van der Waals surface area contributed by atoms with Crippen molar-refractivity contribution in [2.24, 2.45) is 0 Å². The summed E-state index contributed by atoms with van der Waals surface area (Å²) in [5.41, 5.74) is 2.54. The summed E-state index contributed by atoms with van der Waals surface area (Å²) in [5.74, 6) is 0.909. The zero-order valence-electron chi connectivity index (χ0n) is 10.6. The summed E-state index contributed by atoms with van der Waals surface area (Å²) in [6.45, 7) is 4.26. The first-order chi connectivity index (χ1) is 8.11. The molecule has 0 aromatic heterocycles. The Morgan fingerprint density at radius 3 is 2.71 bits per heavy atom. The lowest BCUT2D eigenvalue weighted by molar-refractivity contribution is 0.0556. The van der Waals surface area contributed by atoms with E-state index in [0.29, 0.717) is 6.10 Å². The van der Waals surface area contributed by atoms with E-state index in [1.54, 1.807) is 7.11 Å². The summed E-state index contributed by atoms with van der Waals surface area (Å²) in [6, 6.07) is 6.21. The molecule has 2 nitrogen and oxygen atoms in total. The van der Waals surface area contributed by atoms with Crippen LogP contribution in [-0.4, -0.2) is 19.3 Å². The van der Waals surface area contributed by atoms with Crippen molar-refractivity contribution in [2.75, 3.05) is 7.11 Å². The molecule has 17 heavy (non-hydrogen) atoms. The summed E-state index contributed by atoms with van der Waals surface area (Å²) < 4.78 is 11.1. The van der Waals surface area contributed by atoms with E-state index in [1.165, 1.54) is 11.1 Å². The first-order valence-electron chi connectivity index (χ1n) is 6.06. The molecule has 1 aliphatic rings. The number of aryl methyl sites for hydroxylation is 1. The minimum Gasteiger partial charge on any atom is -0.497 e. The van der Waals surface area contributed by atoms with Crippen LogP contribution >= 0.6 is 15.9 Å². The molecule has 94 valence electrons. The third kappa shape index (κ3) is 2.83. The van der Waals surface area contributed by atoms with Crippen molar-refractivity contribution in [3.8, 4) is 5.75 Å². The van der Waals surface area contributed by atoms with Crippen LogP contribution in [0.1, 0.15) is 35.7 Å². The van der Waals surface area contributed by atoms with Gasteiger partial charge in [-0.2, -0.15) is 0 Å². The first kappa shape index (κ1) is 12.9. The highest BCUT2D eigenvalue weighted by molar-refractivity contribution is 9.09. The summed E-state index contributed by atoms with van der Waals surface area (Å²) in [4.78, 5) is 0.276. The van der Waals surface area contributed by atoms with Gasteiger partial charge in [0.2, 0.25) is 0 Å². The van der Waals surface area contributed by atoms with E-state index in [9.17, 15) is 0 Å². The Morgan fingerprint density at radius 1 is 1.41 bits per heavy atom. The Morgan fingerprint density at radius 2 is 2.18 bits per heavy atom. The van der Waals surface area contributed by atoms with Gasteiger partial charge in [-0.3, -0.25) is 0 Å². The standard InChI is InChI=1S/C14H19BrO2/c1-9-8-11(16-3)5-6-12(9)14(15)13-7-4-10(2)17-13/h5-6,8,10,13-14H,4,7H2,1-3H3. The van der Waals surface area contributed by atoms with Gasteiger partial charge in [-0.1, -0.05) is 22.0 Å². The van der Waals surface area contributed by atoms with Gasteiger partial charge >= 0.3 is 0 Å². The molecule has 3 heteroatoms. The van der Waals surface area contributed by atoms with Crippen molar-refractivity contribution < 1.29 is 9.47 Å². The van der Waals surface area contributed by atoms with Crippen molar-refractivity contribution in [1.29, 1.82) is 0 Å². The maximum absolute atomic E-state index is 5.91. The van der Waals surface area contributed by atoms with Gasteiger partial charge in [0.25, 0.3) is 0 Å². The van der Waals surface area contributed by atoms with E-state index in [1.807, 2.05) is 6.07 Å². The summed E-state index contributed by atoms with van der Waals surface area (Å²) >= 11 is 3.77. The van der Waals surface area contributed by atoms with Crippen molar-refractivity contribution in [3.63, 3.8) is 0 Å². The van der Waals surface area contributed by atoms with Gasteiger partial charge in [0, 0.05) is 0 Å². The van der Waals surface area contributed by atoms with Crippen molar-refractivity contribution in [3.05, 3.63) is 29.3 Å². The Hall–Kier alpha value is -0.540. The van der Waals surface area contributed by atoms with E-state index in [4.69, 9.17) is 9.47 Å². The quantitative estimate of drug-likeness (QED) is 0.785. The van der Waals surface area contributed by atoms with E-state index < -0.39 is 0 Å². The van der Waals surface area contributed by atoms with E-state index >= 15 is 0 Å². The van der Waals surface area contributed by atoms with Crippen molar-refractivity contribution in [2.45, 2.75) is 43.7 Å². The lowest BCUT2D eigenvalue weighted by Gasteiger charge is -2.20. The van der Waals surface area contributed by atoms with Gasteiger partial charge in [0.1, 0.15) is 5.75 Å². The molecule has 0 bridgehead atoms. The molecule has 1 heterocycles. The molecule has 0 N–H and O–H groups in total. The van der Waals surface area contributed by atoms with E-state index in [0.717, 1.165) is 18.6 Å². The lowest BCUT2D eigenvalue weighted by Crippen LogP contribution is -2.15. The normalized spacial score (nSPS) is 25.9. The third-order valence-corrected chi connectivity index (χ3v) is 4.45. The molecule has 1 aromatic carbocycles. The van der Waals surface area contributed by atoms with Crippen LogP contribution in [0.15, 0.2) is 18.2 Å². The molecule has 3 unspecified atom stereocenters. The molecular formula is C14H19BrO2. The number of methoxy groups -OCH3 is 1. The second-order valence-corrected chi connectivity index (χ2v) is 5.67. The summed E-state index contributed by atoms with van der Waals surface area (Å²) in [7, 11) is 1.70. The number of halogens is 1. The van der Waals surface area contributed by atoms with Gasteiger partial charge in [0.15, 0.2) is 0 Å². The Bertz CT molecular complexity index is 392. The number of ether oxygens (including phenoxy) is 2. The molecule has 0 saturated carbocycles. The molecule has 1 aliphatic heterocycles. The van der Waals surface area contributed by atoms with Gasteiger partial charge in [-0.25, -0.2) is 0 Å². The zero-order chi connectivity index (χ0) is 12.4. The van der Waals surface area contributed by atoms with Crippen molar-refractivity contribution >= 4 is 15.9 Å². The van der Waals surface area contributed by atoms with Gasteiger partial charge in [-0.15, -0.1) is 0 Å². The topological polar surface area (TPSA) is 18.5 Å². The van der Waals surface area contributed by atoms with Crippen LogP contribution in [0, 0.1) is 6.92 Å². The highest BCUT2D eigenvalue weighted by Crippen LogP contribution is 2.38. The van der Waals surface area contributed by atoms with Crippen molar-refractivity contribution in [1.82, 2.24) is 0 Å². The number of hydrogen-bond acceptors (Lipinski definition) is 2. The number of rotatable bonds is 3. The monoisotopic (exact) mass is 298 g/mol. The molecule has 0 radical (unpaired) electrons. The summed E-state index contributed by atoms with van der Waals surface area (Å²) in [5, 5.41) is 0. The van der Waals surface area contributed by atoms with Crippen LogP contribution in [0.4, 0.5) is 0 Å². The highest BCUT2D eigenvalue weighted by atomic mass is 79.9. The predicted octanol–water partition coefficient (Wildman–Crippen LogP) is 4.01. The van der Waals surface area contributed by atoms with Crippen LogP contribution in [-0.2, 0) is 4.74 Å². The lowest BCUT2D eigenvalue weighted by atomic mass is 10.0. The smallest absolute Gasteiger partial charge is 0.119 e. The van der Waals surface area contributed by atoms with Crippen LogP contribution < -0.4 is 4.74 Å². The molecule has 3 atom stereocenters. The minimum atomic E-state index is 0.276. The molecule has 0 aliphatic carbocycles. The third-order valence-electron chi connectivity index (χ3n) is 3.37. The SMILES string of the molecule is COc1ccc(C(Br)C2CCC(C)O2)c(C)c1. The van der Waals surface area contributed by atoms with Crippen LogP contribution in [0.2, 0.25) is 0 Å². The predicted molar refractivity (Wildman–Crippen MR) is 73.0 cm³/mol. The average Bonchev–Trinajstić information content (AvgIpc) is 2.75. The average molecular weight is 299 g/mol. The maximum atomic E-state index is 5.91. The van der Waals surface area contributed by atoms with Gasteiger partial charge in [-0.05, 0) is 49.9 Å². The fraction of sp³-hybridized carbons (Fsp3) is 0.571. The minimum absolute atomic E-state index is 0.276. The van der Waals surface area contributed by atoms with Crippen LogP contribution in [0.3, 0.4) is 0 Å².